The molecule has 1 heterocycles. The lowest BCUT2D eigenvalue weighted by Crippen LogP contribution is -2.54. The van der Waals surface area contributed by atoms with E-state index in [0.717, 1.165) is 17.1 Å². The number of benzene rings is 4. The van der Waals surface area contributed by atoms with E-state index in [1.54, 1.807) is 0 Å². The van der Waals surface area contributed by atoms with Crippen LogP contribution in [0.5, 0.6) is 5.75 Å². The average Bonchev–Trinajstić information content (AvgIpc) is 2.75. The number of para-hydroxylation sites is 3. The van der Waals surface area contributed by atoms with Gasteiger partial charge in [-0.2, -0.15) is 0 Å². The minimum atomic E-state index is -0.144. The maximum absolute atomic E-state index is 6.51. The van der Waals surface area contributed by atoms with Crippen molar-refractivity contribution < 1.29 is 4.65 Å². The van der Waals surface area contributed by atoms with Crippen LogP contribution in [0, 0.1) is 6.92 Å². The SMILES string of the molecule is Cc1ccc2c(c1)N(c1ccccc1)c1ccccc1B2Oc1ccccc1. The Balaban J connectivity index is 1.72. The molecule has 1 aliphatic heterocycles. The fraction of sp³-hybridized carbons (Fsp3) is 0.0400. The Hall–Kier alpha value is -3.46. The van der Waals surface area contributed by atoms with Crippen LogP contribution in [-0.4, -0.2) is 6.92 Å². The summed E-state index contributed by atoms with van der Waals surface area (Å²) in [6.45, 7) is 1.99. The molecule has 0 N–H and O–H groups in total. The number of hydrogen-bond acceptors (Lipinski definition) is 2. The van der Waals surface area contributed by atoms with E-state index in [2.05, 4.69) is 84.6 Å². The lowest BCUT2D eigenvalue weighted by molar-refractivity contribution is 0.591. The normalized spacial score (nSPS) is 12.3. The Morgan fingerprint density at radius 3 is 2.07 bits per heavy atom. The van der Waals surface area contributed by atoms with Crippen molar-refractivity contribution in [1.82, 2.24) is 0 Å². The minimum Gasteiger partial charge on any atom is -0.551 e. The van der Waals surface area contributed by atoms with Crippen LogP contribution in [0.3, 0.4) is 0 Å². The van der Waals surface area contributed by atoms with Gasteiger partial charge in [0.1, 0.15) is 0 Å². The number of fused-ring (bicyclic) bond motifs is 2. The van der Waals surface area contributed by atoms with Crippen molar-refractivity contribution >= 4 is 34.9 Å². The highest BCUT2D eigenvalue weighted by Gasteiger charge is 2.37. The van der Waals surface area contributed by atoms with Gasteiger partial charge in [-0.05, 0) is 59.8 Å². The van der Waals surface area contributed by atoms with Crippen LogP contribution in [0.15, 0.2) is 103 Å². The van der Waals surface area contributed by atoms with Crippen LogP contribution in [0.1, 0.15) is 5.56 Å². The molecular weight excluding hydrogens is 341 g/mol. The van der Waals surface area contributed by atoms with Gasteiger partial charge in [0.2, 0.25) is 0 Å². The number of aryl methyl sites for hydroxylation is 1. The summed E-state index contributed by atoms with van der Waals surface area (Å²) in [5.74, 6) is 0.877. The summed E-state index contributed by atoms with van der Waals surface area (Å²) in [6.07, 6.45) is 0. The van der Waals surface area contributed by atoms with Crippen molar-refractivity contribution in [3.8, 4) is 5.75 Å². The summed E-state index contributed by atoms with van der Waals surface area (Å²) < 4.78 is 6.51. The molecule has 0 saturated heterocycles. The smallest absolute Gasteiger partial charge is 0.430 e. The summed E-state index contributed by atoms with van der Waals surface area (Å²) in [7, 11) is 0. The van der Waals surface area contributed by atoms with E-state index in [9.17, 15) is 0 Å². The summed E-state index contributed by atoms with van der Waals surface area (Å²) in [4.78, 5) is 2.34. The van der Waals surface area contributed by atoms with Crippen LogP contribution >= 0.6 is 0 Å². The van der Waals surface area contributed by atoms with Gasteiger partial charge in [-0.1, -0.05) is 66.7 Å². The molecule has 0 atom stereocenters. The maximum Gasteiger partial charge on any atom is 0.430 e. The number of nitrogens with zero attached hydrogens (tertiary/aromatic N) is 1. The monoisotopic (exact) mass is 361 g/mol. The first-order valence-electron chi connectivity index (χ1n) is 9.57. The first-order chi connectivity index (χ1) is 13.8. The van der Waals surface area contributed by atoms with E-state index in [1.807, 2.05) is 30.3 Å². The van der Waals surface area contributed by atoms with Gasteiger partial charge in [0.05, 0.1) is 5.75 Å². The largest absolute Gasteiger partial charge is 0.551 e. The third-order valence-corrected chi connectivity index (χ3v) is 5.18. The van der Waals surface area contributed by atoms with Crippen molar-refractivity contribution in [2.24, 2.45) is 0 Å². The molecule has 0 amide bonds. The summed E-state index contributed by atoms with van der Waals surface area (Å²) in [6, 6.07) is 35.7. The van der Waals surface area contributed by atoms with Gasteiger partial charge in [-0.15, -0.1) is 0 Å². The van der Waals surface area contributed by atoms with Crippen molar-refractivity contribution in [3.63, 3.8) is 0 Å². The van der Waals surface area contributed by atoms with Crippen LogP contribution < -0.4 is 20.5 Å². The molecule has 0 aliphatic carbocycles. The van der Waals surface area contributed by atoms with E-state index < -0.39 is 0 Å². The van der Waals surface area contributed by atoms with Gasteiger partial charge < -0.3 is 9.55 Å². The highest BCUT2D eigenvalue weighted by atomic mass is 16.4. The molecule has 2 nitrogen and oxygen atoms in total. The molecule has 0 bridgehead atoms. The fourth-order valence-corrected chi connectivity index (χ4v) is 3.90. The number of hydrogen-bond donors (Lipinski definition) is 0. The second-order valence-electron chi connectivity index (χ2n) is 7.10. The first-order valence-corrected chi connectivity index (χ1v) is 9.57. The molecule has 0 unspecified atom stereocenters. The van der Waals surface area contributed by atoms with E-state index >= 15 is 0 Å². The van der Waals surface area contributed by atoms with E-state index in [-0.39, 0.29) is 6.92 Å². The topological polar surface area (TPSA) is 12.5 Å². The molecule has 0 saturated carbocycles. The third-order valence-electron chi connectivity index (χ3n) is 5.18. The Kier molecular flexibility index (Phi) is 4.14. The lowest BCUT2D eigenvalue weighted by Gasteiger charge is -2.36. The molecule has 134 valence electrons. The molecule has 5 rings (SSSR count). The highest BCUT2D eigenvalue weighted by Crippen LogP contribution is 2.36. The maximum atomic E-state index is 6.51. The minimum absolute atomic E-state index is 0.144. The van der Waals surface area contributed by atoms with Crippen LogP contribution in [0.2, 0.25) is 0 Å². The van der Waals surface area contributed by atoms with E-state index in [1.165, 1.54) is 22.2 Å². The number of rotatable bonds is 3. The first kappa shape index (κ1) is 16.7. The fourth-order valence-electron chi connectivity index (χ4n) is 3.90. The van der Waals surface area contributed by atoms with Crippen LogP contribution in [0.4, 0.5) is 17.1 Å². The van der Waals surface area contributed by atoms with E-state index in [4.69, 9.17) is 4.65 Å². The Bertz CT molecular complexity index is 1110. The van der Waals surface area contributed by atoms with Crippen molar-refractivity contribution in [2.75, 3.05) is 4.90 Å². The number of anilines is 3. The highest BCUT2D eigenvalue weighted by molar-refractivity contribution is 6.84. The predicted molar refractivity (Wildman–Crippen MR) is 118 cm³/mol. The van der Waals surface area contributed by atoms with Crippen molar-refractivity contribution in [2.45, 2.75) is 6.92 Å². The van der Waals surface area contributed by atoms with E-state index in [0.29, 0.717) is 0 Å². The summed E-state index contributed by atoms with van der Waals surface area (Å²) in [5, 5.41) is 0. The van der Waals surface area contributed by atoms with Gasteiger partial charge in [-0.3, -0.25) is 0 Å². The molecule has 0 aromatic heterocycles. The molecule has 0 spiro atoms. The van der Waals surface area contributed by atoms with Gasteiger partial charge in [0.25, 0.3) is 0 Å². The van der Waals surface area contributed by atoms with Crippen molar-refractivity contribution in [1.29, 1.82) is 0 Å². The Labute approximate surface area is 166 Å². The quantitative estimate of drug-likeness (QED) is 0.478. The zero-order valence-electron chi connectivity index (χ0n) is 15.7. The Morgan fingerprint density at radius 1 is 0.643 bits per heavy atom. The zero-order valence-corrected chi connectivity index (χ0v) is 15.7. The lowest BCUT2D eigenvalue weighted by atomic mass is 9.52. The van der Waals surface area contributed by atoms with Crippen molar-refractivity contribution in [3.05, 3.63) is 109 Å². The second kappa shape index (κ2) is 6.93. The molecule has 4 aromatic carbocycles. The van der Waals surface area contributed by atoms with Gasteiger partial charge in [0, 0.05) is 17.1 Å². The molecule has 0 fully saturated rings. The van der Waals surface area contributed by atoms with Crippen LogP contribution in [0.25, 0.3) is 0 Å². The molecule has 1 aliphatic rings. The van der Waals surface area contributed by atoms with Gasteiger partial charge >= 0.3 is 6.92 Å². The van der Waals surface area contributed by atoms with Crippen LogP contribution in [-0.2, 0) is 0 Å². The second-order valence-corrected chi connectivity index (χ2v) is 7.10. The molecular formula is C25H20BNO. The predicted octanol–water partition coefficient (Wildman–Crippen LogP) is 4.96. The standard InChI is InChI=1S/C25H20BNO/c1-19-16-17-23-25(18-19)27(20-10-4-2-5-11-20)24-15-9-8-14-22(24)26(23)28-21-12-6-3-7-13-21/h2-18H,1H3. The molecule has 3 heteroatoms. The molecule has 0 radical (unpaired) electrons. The third kappa shape index (κ3) is 2.85. The molecule has 4 aromatic rings. The molecule has 28 heavy (non-hydrogen) atoms. The summed E-state index contributed by atoms with van der Waals surface area (Å²) >= 11 is 0. The Morgan fingerprint density at radius 2 is 1.29 bits per heavy atom. The van der Waals surface area contributed by atoms with Gasteiger partial charge in [-0.25, -0.2) is 0 Å². The summed E-state index contributed by atoms with van der Waals surface area (Å²) in [5.41, 5.74) is 7.07. The zero-order chi connectivity index (χ0) is 18.9. The average molecular weight is 361 g/mol. The van der Waals surface area contributed by atoms with Gasteiger partial charge in [0.15, 0.2) is 0 Å².